The van der Waals surface area contributed by atoms with Gasteiger partial charge >= 0.3 is 0 Å². The summed E-state index contributed by atoms with van der Waals surface area (Å²) in [5.74, 6) is 1.30. The molecule has 1 aliphatic rings. The number of benzene rings is 2. The summed E-state index contributed by atoms with van der Waals surface area (Å²) in [5.41, 5.74) is 4.88. The van der Waals surface area contributed by atoms with Gasteiger partial charge in [0.1, 0.15) is 0 Å². The Balaban J connectivity index is 1.45. The number of thioether (sulfide) groups is 1. The molecule has 0 N–H and O–H groups in total. The zero-order valence-electron chi connectivity index (χ0n) is 17.1. The van der Waals surface area contributed by atoms with Crippen LogP contribution < -0.4 is 0 Å². The van der Waals surface area contributed by atoms with Crippen LogP contribution in [-0.2, 0) is 18.3 Å². The Kier molecular flexibility index (Phi) is 5.72. The molecule has 6 heteroatoms. The monoisotopic (exact) mass is 406 g/mol. The van der Waals surface area contributed by atoms with Gasteiger partial charge in [-0.05, 0) is 42.9 Å². The number of carbonyl (C=O) groups is 1. The van der Waals surface area contributed by atoms with Crippen molar-refractivity contribution in [2.75, 3.05) is 12.8 Å². The van der Waals surface area contributed by atoms with E-state index in [9.17, 15) is 4.79 Å². The molecule has 0 spiro atoms. The minimum Gasteiger partial charge on any atom is -0.338 e. The van der Waals surface area contributed by atoms with Gasteiger partial charge < -0.3 is 9.47 Å². The van der Waals surface area contributed by atoms with E-state index in [1.807, 2.05) is 41.8 Å². The second-order valence-electron chi connectivity index (χ2n) is 7.58. The summed E-state index contributed by atoms with van der Waals surface area (Å²) in [6, 6.07) is 16.8. The molecule has 0 radical (unpaired) electrons. The first kappa shape index (κ1) is 19.7. The van der Waals surface area contributed by atoms with Crippen molar-refractivity contribution in [1.29, 1.82) is 0 Å². The van der Waals surface area contributed by atoms with Crippen molar-refractivity contribution in [2.24, 2.45) is 7.05 Å². The number of rotatable bonds is 5. The molecule has 150 valence electrons. The number of aromatic nitrogens is 3. The second kappa shape index (κ2) is 8.41. The summed E-state index contributed by atoms with van der Waals surface area (Å²) in [7, 11) is 3.88. The first-order valence-electron chi connectivity index (χ1n) is 9.98. The van der Waals surface area contributed by atoms with Gasteiger partial charge in [-0.2, -0.15) is 0 Å². The lowest BCUT2D eigenvalue weighted by Gasteiger charge is -2.33. The Morgan fingerprint density at radius 2 is 1.93 bits per heavy atom. The molecular weight excluding hydrogens is 380 g/mol. The molecule has 0 unspecified atom stereocenters. The first-order valence-corrected chi connectivity index (χ1v) is 11.0. The van der Waals surface area contributed by atoms with Gasteiger partial charge in [-0.15, -0.1) is 10.2 Å². The van der Waals surface area contributed by atoms with Crippen LogP contribution in [0.4, 0.5) is 0 Å². The van der Waals surface area contributed by atoms with E-state index in [-0.39, 0.29) is 11.9 Å². The van der Waals surface area contributed by atoms with Crippen molar-refractivity contribution < 1.29 is 4.79 Å². The smallest absolute Gasteiger partial charge is 0.233 e. The zero-order chi connectivity index (χ0) is 20.4. The molecule has 0 saturated carbocycles. The number of amides is 1. The van der Waals surface area contributed by atoms with E-state index in [0.717, 1.165) is 41.4 Å². The van der Waals surface area contributed by atoms with Crippen molar-refractivity contribution in [3.05, 3.63) is 65.2 Å². The van der Waals surface area contributed by atoms with Crippen molar-refractivity contribution in [3.63, 3.8) is 0 Å². The number of fused-ring (bicyclic) bond motifs is 1. The fourth-order valence-electron chi connectivity index (χ4n) is 4.03. The van der Waals surface area contributed by atoms with E-state index < -0.39 is 0 Å². The van der Waals surface area contributed by atoms with E-state index in [1.165, 1.54) is 22.9 Å². The van der Waals surface area contributed by atoms with E-state index in [4.69, 9.17) is 0 Å². The van der Waals surface area contributed by atoms with Gasteiger partial charge in [-0.1, -0.05) is 60.3 Å². The molecule has 2 aromatic carbocycles. The number of aryl methyl sites for hydroxylation is 2. The number of nitrogens with zero attached hydrogens (tertiary/aromatic N) is 4. The predicted octanol–water partition coefficient (Wildman–Crippen LogP) is 4.42. The minimum absolute atomic E-state index is 0.122. The molecule has 4 rings (SSSR count). The molecule has 3 aromatic rings. The maximum Gasteiger partial charge on any atom is 0.233 e. The van der Waals surface area contributed by atoms with Gasteiger partial charge in [0.2, 0.25) is 5.91 Å². The van der Waals surface area contributed by atoms with Gasteiger partial charge in [0.05, 0.1) is 11.8 Å². The van der Waals surface area contributed by atoms with Crippen molar-refractivity contribution in [2.45, 2.75) is 37.4 Å². The van der Waals surface area contributed by atoms with E-state index in [0.29, 0.717) is 5.75 Å². The maximum absolute atomic E-state index is 12.9. The SMILES string of the molecule is Cc1ccccc1-c1nnc(SCC(=O)N(C)[C@H]2CCCc3ccccc32)n1C. The van der Waals surface area contributed by atoms with Gasteiger partial charge in [-0.25, -0.2) is 0 Å². The molecular formula is C23H26N4OS. The fraction of sp³-hybridized carbons (Fsp3) is 0.348. The van der Waals surface area contributed by atoms with Gasteiger partial charge in [0.15, 0.2) is 11.0 Å². The molecule has 29 heavy (non-hydrogen) atoms. The minimum atomic E-state index is 0.122. The van der Waals surface area contributed by atoms with E-state index in [2.05, 4.69) is 47.5 Å². The summed E-state index contributed by atoms with van der Waals surface area (Å²) in [6.45, 7) is 2.07. The lowest BCUT2D eigenvalue weighted by atomic mass is 9.87. The third-order valence-electron chi connectivity index (χ3n) is 5.74. The topological polar surface area (TPSA) is 51.0 Å². The average Bonchev–Trinajstić information content (AvgIpc) is 3.11. The van der Waals surface area contributed by atoms with Crippen LogP contribution >= 0.6 is 11.8 Å². The van der Waals surface area contributed by atoms with Crippen LogP contribution in [0.3, 0.4) is 0 Å². The Labute approximate surface area is 176 Å². The van der Waals surface area contributed by atoms with Crippen molar-refractivity contribution >= 4 is 17.7 Å². The lowest BCUT2D eigenvalue weighted by molar-refractivity contribution is -0.129. The summed E-state index contributed by atoms with van der Waals surface area (Å²) in [4.78, 5) is 14.8. The van der Waals surface area contributed by atoms with Gasteiger partial charge in [0, 0.05) is 19.7 Å². The predicted molar refractivity (Wildman–Crippen MR) is 117 cm³/mol. The zero-order valence-corrected chi connectivity index (χ0v) is 17.9. The van der Waals surface area contributed by atoms with Crippen LogP contribution in [0.25, 0.3) is 11.4 Å². The highest BCUT2D eigenvalue weighted by Crippen LogP contribution is 2.34. The molecule has 1 heterocycles. The quantitative estimate of drug-likeness (QED) is 0.589. The number of carbonyl (C=O) groups excluding carboxylic acids is 1. The molecule has 1 aliphatic carbocycles. The van der Waals surface area contributed by atoms with Crippen molar-refractivity contribution in [1.82, 2.24) is 19.7 Å². The highest BCUT2D eigenvalue weighted by Gasteiger charge is 2.26. The van der Waals surface area contributed by atoms with Gasteiger partial charge in [0.25, 0.3) is 0 Å². The van der Waals surface area contributed by atoms with Gasteiger partial charge in [-0.3, -0.25) is 4.79 Å². The highest BCUT2D eigenvalue weighted by atomic mass is 32.2. The summed E-state index contributed by atoms with van der Waals surface area (Å²) in [5, 5.41) is 9.43. The maximum atomic E-state index is 12.9. The average molecular weight is 407 g/mol. The van der Waals surface area contributed by atoms with Crippen LogP contribution in [0.5, 0.6) is 0 Å². The van der Waals surface area contributed by atoms with Crippen molar-refractivity contribution in [3.8, 4) is 11.4 Å². The summed E-state index contributed by atoms with van der Waals surface area (Å²) < 4.78 is 1.97. The fourth-order valence-corrected chi connectivity index (χ4v) is 4.87. The molecule has 1 atom stereocenters. The number of hydrogen-bond donors (Lipinski definition) is 0. The lowest BCUT2D eigenvalue weighted by Crippen LogP contribution is -2.34. The van der Waals surface area contributed by atoms with Crippen LogP contribution in [0.15, 0.2) is 53.7 Å². The highest BCUT2D eigenvalue weighted by molar-refractivity contribution is 7.99. The molecule has 0 fully saturated rings. The molecule has 0 saturated heterocycles. The Hall–Kier alpha value is -2.60. The largest absolute Gasteiger partial charge is 0.338 e. The first-order chi connectivity index (χ1) is 14.1. The summed E-state index contributed by atoms with van der Waals surface area (Å²) in [6.07, 6.45) is 3.24. The second-order valence-corrected chi connectivity index (χ2v) is 8.52. The molecule has 5 nitrogen and oxygen atoms in total. The Bertz CT molecular complexity index is 1030. The van der Waals surface area contributed by atoms with Crippen LogP contribution in [0.2, 0.25) is 0 Å². The van der Waals surface area contributed by atoms with Crippen LogP contribution in [-0.4, -0.2) is 38.4 Å². The van der Waals surface area contributed by atoms with Crippen LogP contribution in [0.1, 0.15) is 35.6 Å². The Morgan fingerprint density at radius 3 is 2.76 bits per heavy atom. The van der Waals surface area contributed by atoms with E-state index in [1.54, 1.807) is 0 Å². The van der Waals surface area contributed by atoms with E-state index >= 15 is 0 Å². The molecule has 0 bridgehead atoms. The summed E-state index contributed by atoms with van der Waals surface area (Å²) >= 11 is 1.45. The third kappa shape index (κ3) is 3.94. The standard InChI is InChI=1S/C23H26N4OS/c1-16-9-4-6-12-18(16)22-24-25-23(27(22)3)29-15-21(28)26(2)20-14-8-11-17-10-5-7-13-19(17)20/h4-7,9-10,12-13,20H,8,11,14-15H2,1-3H3/t20-/m0/s1. The molecule has 1 aromatic heterocycles. The normalized spacial score (nSPS) is 15.8. The molecule has 0 aliphatic heterocycles. The Morgan fingerprint density at radius 1 is 1.17 bits per heavy atom. The van der Waals surface area contributed by atoms with Crippen LogP contribution in [0, 0.1) is 6.92 Å². The number of hydrogen-bond acceptors (Lipinski definition) is 4. The molecule has 1 amide bonds. The third-order valence-corrected chi connectivity index (χ3v) is 6.75.